The SMILES string of the molecule is CCC1OCCN(c2cc(C(F)(F)F)cc(-c3ccnc4c3[C@H](C(F)(F)P)OC(=O)N4)n2)C1C. The van der Waals surface area contributed by atoms with Gasteiger partial charge in [0.25, 0.3) is 5.66 Å². The van der Waals surface area contributed by atoms with E-state index in [1.54, 1.807) is 4.90 Å². The molecule has 34 heavy (non-hydrogen) atoms. The summed E-state index contributed by atoms with van der Waals surface area (Å²) in [7, 11) is 1.29. The van der Waals surface area contributed by atoms with E-state index in [4.69, 9.17) is 9.47 Å². The molecule has 2 aromatic rings. The van der Waals surface area contributed by atoms with Crippen LogP contribution < -0.4 is 10.2 Å². The number of carbonyl (C=O) groups excluding carboxylic acids is 1. The number of hydrogen-bond donors (Lipinski definition) is 1. The normalized spacial score (nSPS) is 23.2. The minimum absolute atomic E-state index is 0.0413. The summed E-state index contributed by atoms with van der Waals surface area (Å²) in [6.07, 6.45) is -6.29. The highest BCUT2D eigenvalue weighted by Crippen LogP contribution is 2.48. The topological polar surface area (TPSA) is 76.6 Å². The van der Waals surface area contributed by atoms with E-state index in [-0.39, 0.29) is 40.6 Å². The third-order valence-corrected chi connectivity index (χ3v) is 6.16. The van der Waals surface area contributed by atoms with Crippen LogP contribution in [0.25, 0.3) is 11.3 Å². The molecule has 0 spiro atoms. The summed E-state index contributed by atoms with van der Waals surface area (Å²) in [6.45, 7) is 4.36. The zero-order chi connectivity index (χ0) is 24.8. The van der Waals surface area contributed by atoms with E-state index in [1.165, 1.54) is 21.5 Å². The molecule has 2 aliphatic rings. The smallest absolute Gasteiger partial charge is 0.416 e. The van der Waals surface area contributed by atoms with E-state index in [1.807, 2.05) is 13.8 Å². The molecule has 0 aromatic carbocycles. The number of ether oxygens (including phenoxy) is 2. The molecule has 0 saturated carbocycles. The number of halogens is 5. The van der Waals surface area contributed by atoms with Gasteiger partial charge in [0.15, 0.2) is 6.10 Å². The zero-order valence-electron chi connectivity index (χ0n) is 18.2. The number of nitrogens with one attached hydrogen (secondary N) is 1. The first-order valence-electron chi connectivity index (χ1n) is 10.5. The van der Waals surface area contributed by atoms with E-state index in [0.29, 0.717) is 19.6 Å². The van der Waals surface area contributed by atoms with Gasteiger partial charge in [-0.2, -0.15) is 22.0 Å². The van der Waals surface area contributed by atoms with Crippen molar-refractivity contribution >= 4 is 27.0 Å². The van der Waals surface area contributed by atoms with E-state index < -0.39 is 29.6 Å². The Morgan fingerprint density at radius 3 is 2.65 bits per heavy atom. The van der Waals surface area contributed by atoms with Crippen LogP contribution >= 0.6 is 9.24 Å². The molecule has 0 bridgehead atoms. The predicted octanol–water partition coefficient (Wildman–Crippen LogP) is 5.24. The van der Waals surface area contributed by atoms with Crippen molar-refractivity contribution in [3.8, 4) is 11.3 Å². The second kappa shape index (κ2) is 8.88. The van der Waals surface area contributed by atoms with Crippen LogP contribution in [-0.4, -0.2) is 47.0 Å². The van der Waals surface area contributed by atoms with Crippen LogP contribution in [0.1, 0.15) is 37.5 Å². The Hall–Kier alpha value is -2.59. The van der Waals surface area contributed by atoms with Gasteiger partial charge in [-0.05, 0) is 31.5 Å². The molecule has 2 aliphatic heterocycles. The zero-order valence-corrected chi connectivity index (χ0v) is 19.4. The predicted molar refractivity (Wildman–Crippen MR) is 117 cm³/mol. The van der Waals surface area contributed by atoms with Crippen LogP contribution in [0.15, 0.2) is 24.4 Å². The Labute approximate surface area is 194 Å². The largest absolute Gasteiger partial charge is 0.434 e. The first kappa shape index (κ1) is 24.5. The fourth-order valence-electron chi connectivity index (χ4n) is 4.22. The fourth-order valence-corrected chi connectivity index (χ4v) is 4.45. The van der Waals surface area contributed by atoms with Crippen LogP contribution in [0.2, 0.25) is 0 Å². The molecule has 0 aliphatic carbocycles. The molecule has 7 nitrogen and oxygen atoms in total. The summed E-state index contributed by atoms with van der Waals surface area (Å²) in [5.41, 5.74) is -5.12. The lowest BCUT2D eigenvalue weighted by Gasteiger charge is -2.40. The third kappa shape index (κ3) is 4.65. The summed E-state index contributed by atoms with van der Waals surface area (Å²) in [5, 5.41) is 2.22. The maximum atomic E-state index is 14.3. The van der Waals surface area contributed by atoms with Gasteiger partial charge < -0.3 is 14.4 Å². The van der Waals surface area contributed by atoms with Crippen molar-refractivity contribution in [3.05, 3.63) is 35.5 Å². The molecular formula is C21H22F5N4O3P. The second-order valence-corrected chi connectivity index (χ2v) is 8.82. The van der Waals surface area contributed by atoms with Crippen LogP contribution in [0.3, 0.4) is 0 Å². The van der Waals surface area contributed by atoms with Crippen LogP contribution in [0.4, 0.5) is 38.4 Å². The summed E-state index contributed by atoms with van der Waals surface area (Å²) in [6, 6.07) is 2.73. The molecule has 13 heteroatoms. The number of hydrogen-bond acceptors (Lipinski definition) is 6. The van der Waals surface area contributed by atoms with Crippen molar-refractivity contribution in [3.63, 3.8) is 0 Å². The number of anilines is 2. The van der Waals surface area contributed by atoms with Crippen LogP contribution in [-0.2, 0) is 15.7 Å². The number of amides is 1. The van der Waals surface area contributed by atoms with Gasteiger partial charge in [0.1, 0.15) is 11.6 Å². The molecule has 184 valence electrons. The molecule has 4 atom stereocenters. The number of morpholine rings is 1. The minimum Gasteiger partial charge on any atom is -0.434 e. The fraction of sp³-hybridized carbons (Fsp3) is 0.476. The molecule has 0 radical (unpaired) electrons. The number of nitrogens with zero attached hydrogens (tertiary/aromatic N) is 3. The first-order valence-corrected chi connectivity index (χ1v) is 11.1. The number of rotatable bonds is 4. The Bertz CT molecular complexity index is 1100. The molecule has 1 amide bonds. The van der Waals surface area contributed by atoms with Gasteiger partial charge in [-0.25, -0.2) is 14.8 Å². The highest BCUT2D eigenvalue weighted by Gasteiger charge is 2.45. The monoisotopic (exact) mass is 504 g/mol. The Kier molecular flexibility index (Phi) is 6.41. The lowest BCUT2D eigenvalue weighted by molar-refractivity contribution is -0.137. The van der Waals surface area contributed by atoms with Crippen molar-refractivity contribution < 1.29 is 36.2 Å². The highest BCUT2D eigenvalue weighted by atomic mass is 31.0. The van der Waals surface area contributed by atoms with Gasteiger partial charge >= 0.3 is 12.3 Å². The van der Waals surface area contributed by atoms with Gasteiger partial charge in [0.05, 0.1) is 35.6 Å². The van der Waals surface area contributed by atoms with E-state index in [9.17, 15) is 26.7 Å². The third-order valence-electron chi connectivity index (χ3n) is 5.85. The molecule has 1 saturated heterocycles. The number of aromatic nitrogens is 2. The number of cyclic esters (lactones) is 1. The minimum atomic E-state index is -4.71. The van der Waals surface area contributed by atoms with Gasteiger partial charge in [-0.1, -0.05) is 16.2 Å². The summed E-state index contributed by atoms with van der Waals surface area (Å²) < 4.78 is 80.7. The van der Waals surface area contributed by atoms with Crippen molar-refractivity contribution in [2.75, 3.05) is 23.4 Å². The Balaban J connectivity index is 1.90. The average molecular weight is 504 g/mol. The van der Waals surface area contributed by atoms with Crippen LogP contribution in [0, 0.1) is 0 Å². The molecule has 2 aromatic heterocycles. The first-order chi connectivity index (χ1) is 15.9. The van der Waals surface area contributed by atoms with Crippen molar-refractivity contribution in [2.24, 2.45) is 0 Å². The van der Waals surface area contributed by atoms with E-state index in [2.05, 4.69) is 15.3 Å². The molecule has 4 heterocycles. The molecule has 3 unspecified atom stereocenters. The maximum absolute atomic E-state index is 14.3. The maximum Gasteiger partial charge on any atom is 0.416 e. The quantitative estimate of drug-likeness (QED) is 0.454. The van der Waals surface area contributed by atoms with Gasteiger partial charge in [-0.3, -0.25) is 5.32 Å². The summed E-state index contributed by atoms with van der Waals surface area (Å²) in [5.74, 6) is -0.188. The molecule has 4 rings (SSSR count). The Morgan fingerprint density at radius 1 is 1.26 bits per heavy atom. The van der Waals surface area contributed by atoms with Gasteiger partial charge in [0, 0.05) is 18.3 Å². The summed E-state index contributed by atoms with van der Waals surface area (Å²) in [4.78, 5) is 21.8. The van der Waals surface area contributed by atoms with Crippen molar-refractivity contribution in [2.45, 2.75) is 50.4 Å². The van der Waals surface area contributed by atoms with E-state index >= 15 is 0 Å². The lowest BCUT2D eigenvalue weighted by Crippen LogP contribution is -2.50. The van der Waals surface area contributed by atoms with E-state index in [0.717, 1.165) is 12.1 Å². The second-order valence-electron chi connectivity index (χ2n) is 8.05. The molecule has 1 N–H and O–H groups in total. The Morgan fingerprint density at radius 2 is 2.00 bits per heavy atom. The number of carbonyl (C=O) groups is 1. The van der Waals surface area contributed by atoms with Crippen molar-refractivity contribution in [1.29, 1.82) is 0 Å². The lowest BCUT2D eigenvalue weighted by atomic mass is 9.98. The van der Waals surface area contributed by atoms with Gasteiger partial charge in [-0.15, -0.1) is 0 Å². The highest BCUT2D eigenvalue weighted by molar-refractivity contribution is 7.18. The molecule has 1 fully saturated rings. The standard InChI is InChI=1S/C21H22F5N4O3P/c1-3-14-10(2)30(6-7-32-14)15-9-11(20(22,23)24)8-13(28-15)12-4-5-27-18-16(12)17(21(25,26)34)33-19(31)29-18/h4-5,8-10,14,17H,3,6-7,34H2,1-2H3,(H,27,29,31)/t10?,14?,17-/m1/s1. The van der Waals surface area contributed by atoms with Gasteiger partial charge in [0.2, 0.25) is 0 Å². The average Bonchev–Trinajstić information content (AvgIpc) is 2.76. The number of alkyl halides is 5. The van der Waals surface area contributed by atoms with Crippen LogP contribution in [0.5, 0.6) is 0 Å². The summed E-state index contributed by atoms with van der Waals surface area (Å²) >= 11 is 0. The van der Waals surface area contributed by atoms with Crippen molar-refractivity contribution in [1.82, 2.24) is 9.97 Å². The molecular weight excluding hydrogens is 482 g/mol. The number of fused-ring (bicyclic) bond motifs is 1. The number of pyridine rings is 2.